The standard InChI is InChI=1S/C6H9NO3/c1-7(4-8)5-2-6(9)10-3-5/h4-5H,2-3H2,1H3/t5-/m0/s1. The summed E-state index contributed by atoms with van der Waals surface area (Å²) in [4.78, 5) is 22.1. The fraction of sp³-hybridized carbons (Fsp3) is 0.667. The van der Waals surface area contributed by atoms with Gasteiger partial charge in [-0.1, -0.05) is 0 Å². The van der Waals surface area contributed by atoms with Gasteiger partial charge < -0.3 is 9.64 Å². The van der Waals surface area contributed by atoms with E-state index in [0.29, 0.717) is 19.4 Å². The first-order chi connectivity index (χ1) is 4.74. The summed E-state index contributed by atoms with van der Waals surface area (Å²) < 4.78 is 4.65. The molecule has 0 radical (unpaired) electrons. The van der Waals surface area contributed by atoms with Gasteiger partial charge in [-0.15, -0.1) is 0 Å². The number of carbonyl (C=O) groups is 2. The molecule has 1 heterocycles. The number of esters is 1. The molecule has 4 nitrogen and oxygen atoms in total. The maximum absolute atomic E-state index is 10.5. The highest BCUT2D eigenvalue weighted by molar-refractivity contribution is 5.72. The summed E-state index contributed by atoms with van der Waals surface area (Å²) in [7, 11) is 1.64. The zero-order valence-electron chi connectivity index (χ0n) is 5.74. The number of hydrogen-bond acceptors (Lipinski definition) is 3. The molecule has 10 heavy (non-hydrogen) atoms. The Morgan fingerprint density at radius 1 is 1.80 bits per heavy atom. The predicted molar refractivity (Wildman–Crippen MR) is 33.2 cm³/mol. The molecule has 0 spiro atoms. The van der Waals surface area contributed by atoms with Gasteiger partial charge >= 0.3 is 5.97 Å². The number of amides is 1. The van der Waals surface area contributed by atoms with Crippen LogP contribution >= 0.6 is 0 Å². The van der Waals surface area contributed by atoms with Crippen molar-refractivity contribution in [3.05, 3.63) is 0 Å². The van der Waals surface area contributed by atoms with E-state index in [1.165, 1.54) is 4.90 Å². The number of likely N-dealkylation sites (N-methyl/N-ethyl adjacent to an activating group) is 1. The average Bonchev–Trinajstić information content (AvgIpc) is 2.34. The van der Waals surface area contributed by atoms with E-state index < -0.39 is 0 Å². The number of nitrogens with zero attached hydrogens (tertiary/aromatic N) is 1. The van der Waals surface area contributed by atoms with Crippen LogP contribution in [0.25, 0.3) is 0 Å². The number of rotatable bonds is 2. The zero-order valence-corrected chi connectivity index (χ0v) is 5.74. The van der Waals surface area contributed by atoms with Crippen molar-refractivity contribution >= 4 is 12.4 Å². The van der Waals surface area contributed by atoms with Gasteiger partial charge in [0.25, 0.3) is 0 Å². The van der Waals surface area contributed by atoms with Crippen LogP contribution in [0, 0.1) is 0 Å². The number of cyclic esters (lactones) is 1. The Kier molecular flexibility index (Phi) is 1.89. The number of hydrogen-bond donors (Lipinski definition) is 0. The Balaban J connectivity index is 2.43. The van der Waals surface area contributed by atoms with Gasteiger partial charge in [-0.3, -0.25) is 9.59 Å². The molecule has 4 heteroatoms. The zero-order chi connectivity index (χ0) is 7.56. The van der Waals surface area contributed by atoms with E-state index >= 15 is 0 Å². The van der Waals surface area contributed by atoms with Crippen LogP contribution in [0.5, 0.6) is 0 Å². The van der Waals surface area contributed by atoms with Crippen molar-refractivity contribution in [3.8, 4) is 0 Å². The van der Waals surface area contributed by atoms with Gasteiger partial charge in [-0.25, -0.2) is 0 Å². The topological polar surface area (TPSA) is 46.6 Å². The van der Waals surface area contributed by atoms with E-state index in [0.717, 1.165) is 0 Å². The molecule has 1 saturated heterocycles. The van der Waals surface area contributed by atoms with Crippen LogP contribution in [0.15, 0.2) is 0 Å². The van der Waals surface area contributed by atoms with E-state index in [1.54, 1.807) is 7.05 Å². The largest absolute Gasteiger partial charge is 0.463 e. The second-order valence-electron chi connectivity index (χ2n) is 2.31. The highest BCUT2D eigenvalue weighted by Gasteiger charge is 2.26. The Morgan fingerprint density at radius 3 is 2.90 bits per heavy atom. The quantitative estimate of drug-likeness (QED) is 0.382. The third kappa shape index (κ3) is 1.26. The molecule has 1 aliphatic rings. The maximum atomic E-state index is 10.5. The number of ether oxygens (including phenoxy) is 1. The molecule has 0 saturated carbocycles. The van der Waals surface area contributed by atoms with Crippen LogP contribution < -0.4 is 0 Å². The summed E-state index contributed by atoms with van der Waals surface area (Å²) in [5, 5.41) is 0. The Morgan fingerprint density at radius 2 is 2.50 bits per heavy atom. The molecule has 0 aliphatic carbocycles. The molecule has 0 aromatic carbocycles. The van der Waals surface area contributed by atoms with Gasteiger partial charge in [-0.05, 0) is 0 Å². The lowest BCUT2D eigenvalue weighted by atomic mass is 10.2. The van der Waals surface area contributed by atoms with Crippen LogP contribution in [-0.2, 0) is 14.3 Å². The van der Waals surface area contributed by atoms with Crippen LogP contribution in [0.3, 0.4) is 0 Å². The second-order valence-corrected chi connectivity index (χ2v) is 2.31. The predicted octanol–water partition coefficient (Wildman–Crippen LogP) is -0.610. The summed E-state index contributed by atoms with van der Waals surface area (Å²) in [5.41, 5.74) is 0. The van der Waals surface area contributed by atoms with Crippen LogP contribution in [0.2, 0.25) is 0 Å². The minimum atomic E-state index is -0.223. The second kappa shape index (κ2) is 2.68. The van der Waals surface area contributed by atoms with E-state index in [-0.39, 0.29) is 12.0 Å². The number of carbonyl (C=O) groups excluding carboxylic acids is 2. The molecule has 0 bridgehead atoms. The Hall–Kier alpha value is -1.06. The molecule has 56 valence electrons. The molecule has 1 amide bonds. The van der Waals surface area contributed by atoms with Gasteiger partial charge in [0.15, 0.2) is 0 Å². The lowest BCUT2D eigenvalue weighted by Crippen LogP contribution is -2.30. The van der Waals surface area contributed by atoms with Crippen LogP contribution in [-0.4, -0.2) is 37.0 Å². The molecule has 0 unspecified atom stereocenters. The first-order valence-corrected chi connectivity index (χ1v) is 3.07. The summed E-state index contributed by atoms with van der Waals surface area (Å²) in [5.74, 6) is -0.223. The van der Waals surface area contributed by atoms with Gasteiger partial charge in [0.1, 0.15) is 6.61 Å². The molecule has 0 aromatic heterocycles. The molecule has 1 aliphatic heterocycles. The maximum Gasteiger partial charge on any atom is 0.308 e. The summed E-state index contributed by atoms with van der Waals surface area (Å²) >= 11 is 0. The van der Waals surface area contributed by atoms with E-state index in [2.05, 4.69) is 4.74 Å². The van der Waals surface area contributed by atoms with Gasteiger partial charge in [0.05, 0.1) is 12.5 Å². The minimum absolute atomic E-state index is 0.0509. The molecule has 0 N–H and O–H groups in total. The summed E-state index contributed by atoms with van der Waals surface area (Å²) in [6.07, 6.45) is 1.03. The monoisotopic (exact) mass is 143 g/mol. The van der Waals surface area contributed by atoms with Crippen molar-refractivity contribution in [2.24, 2.45) is 0 Å². The average molecular weight is 143 g/mol. The molecule has 1 fully saturated rings. The SMILES string of the molecule is CN(C=O)[C@@H]1COC(=O)C1. The minimum Gasteiger partial charge on any atom is -0.463 e. The van der Waals surface area contributed by atoms with E-state index in [4.69, 9.17) is 0 Å². The van der Waals surface area contributed by atoms with Crippen molar-refractivity contribution in [2.75, 3.05) is 13.7 Å². The highest BCUT2D eigenvalue weighted by atomic mass is 16.5. The van der Waals surface area contributed by atoms with E-state index in [1.807, 2.05) is 0 Å². The Bertz CT molecular complexity index is 157. The fourth-order valence-corrected chi connectivity index (χ4v) is 0.847. The van der Waals surface area contributed by atoms with E-state index in [9.17, 15) is 9.59 Å². The van der Waals surface area contributed by atoms with Crippen LogP contribution in [0.4, 0.5) is 0 Å². The van der Waals surface area contributed by atoms with Crippen molar-refractivity contribution in [1.29, 1.82) is 0 Å². The molecule has 1 rings (SSSR count). The van der Waals surface area contributed by atoms with Crippen molar-refractivity contribution < 1.29 is 14.3 Å². The summed E-state index contributed by atoms with van der Waals surface area (Å²) in [6.45, 7) is 0.341. The lowest BCUT2D eigenvalue weighted by Gasteiger charge is -2.15. The summed E-state index contributed by atoms with van der Waals surface area (Å²) in [6, 6.07) is -0.0509. The van der Waals surface area contributed by atoms with Crippen LogP contribution in [0.1, 0.15) is 6.42 Å². The normalized spacial score (nSPS) is 24.1. The van der Waals surface area contributed by atoms with Crippen molar-refractivity contribution in [3.63, 3.8) is 0 Å². The van der Waals surface area contributed by atoms with Crippen molar-refractivity contribution in [1.82, 2.24) is 4.90 Å². The third-order valence-corrected chi connectivity index (χ3v) is 1.58. The van der Waals surface area contributed by atoms with Gasteiger partial charge in [0.2, 0.25) is 6.41 Å². The Labute approximate surface area is 58.8 Å². The highest BCUT2D eigenvalue weighted by Crippen LogP contribution is 2.09. The van der Waals surface area contributed by atoms with Gasteiger partial charge in [-0.2, -0.15) is 0 Å². The molecule has 1 atom stereocenters. The third-order valence-electron chi connectivity index (χ3n) is 1.58. The molecule has 0 aromatic rings. The first kappa shape index (κ1) is 7.05. The lowest BCUT2D eigenvalue weighted by molar-refractivity contribution is -0.138. The molecular formula is C6H9NO3. The van der Waals surface area contributed by atoms with Crippen molar-refractivity contribution in [2.45, 2.75) is 12.5 Å². The smallest absolute Gasteiger partial charge is 0.308 e. The molecular weight excluding hydrogens is 134 g/mol. The first-order valence-electron chi connectivity index (χ1n) is 3.07. The van der Waals surface area contributed by atoms with Gasteiger partial charge in [0, 0.05) is 7.05 Å². The fourth-order valence-electron chi connectivity index (χ4n) is 0.847.